The number of rotatable bonds is 3. The van der Waals surface area contributed by atoms with Crippen molar-refractivity contribution in [2.75, 3.05) is 0 Å². The van der Waals surface area contributed by atoms with E-state index in [1.54, 1.807) is 0 Å². The van der Waals surface area contributed by atoms with Crippen LogP contribution in [-0.2, 0) is 4.79 Å². The molecule has 13 heavy (non-hydrogen) atoms. The highest BCUT2D eigenvalue weighted by molar-refractivity contribution is 5.68. The Kier molecular flexibility index (Phi) is 3.44. The molecule has 1 atom stereocenters. The van der Waals surface area contributed by atoms with Crippen molar-refractivity contribution in [1.29, 1.82) is 0 Å². The molecule has 1 aromatic rings. The van der Waals surface area contributed by atoms with Gasteiger partial charge in [-0.2, -0.15) is 0 Å². The minimum atomic E-state index is -0.125. The maximum atomic E-state index is 10.3. The fourth-order valence-electron chi connectivity index (χ4n) is 1.21. The zero-order valence-corrected chi connectivity index (χ0v) is 7.95. The first-order chi connectivity index (χ1) is 6.24. The van der Waals surface area contributed by atoms with Gasteiger partial charge < -0.3 is 0 Å². The molecule has 0 bridgehead atoms. The van der Waals surface area contributed by atoms with Gasteiger partial charge in [0, 0.05) is 5.92 Å². The minimum absolute atomic E-state index is 0.125. The van der Waals surface area contributed by atoms with Crippen molar-refractivity contribution in [1.82, 2.24) is 0 Å². The van der Waals surface area contributed by atoms with Crippen molar-refractivity contribution in [2.24, 2.45) is 5.92 Å². The highest BCUT2D eigenvalue weighted by Gasteiger charge is 1.98. The van der Waals surface area contributed by atoms with Gasteiger partial charge in [0.1, 0.15) is 0 Å². The fourth-order valence-corrected chi connectivity index (χ4v) is 1.21. The molecule has 0 aliphatic heterocycles. The molecule has 0 saturated carbocycles. The van der Waals surface area contributed by atoms with E-state index < -0.39 is 0 Å². The number of carbonyl (C=O) groups excluding carboxylic acids is 1. The lowest BCUT2D eigenvalue weighted by Gasteiger charge is -2.01. The second-order valence-corrected chi connectivity index (χ2v) is 3.12. The molecule has 1 unspecified atom stereocenters. The first-order valence-corrected chi connectivity index (χ1v) is 4.35. The molecule has 0 fully saturated rings. The molecule has 0 saturated heterocycles. The highest BCUT2D eigenvalue weighted by atomic mass is 16.1. The van der Waals surface area contributed by atoms with Crippen LogP contribution < -0.4 is 0 Å². The average molecular weight is 173 g/mol. The standard InChI is InChI=1S/C12H13O/c1-10(9-13)8-11(2)12-6-4-3-5-7-12/h3-8,10H,1-2H3/b11-8-. The Hall–Kier alpha value is -1.37. The van der Waals surface area contributed by atoms with Gasteiger partial charge in [-0.3, -0.25) is 4.79 Å². The molecule has 0 aromatic heterocycles. The van der Waals surface area contributed by atoms with Gasteiger partial charge in [0.2, 0.25) is 6.29 Å². The van der Waals surface area contributed by atoms with Gasteiger partial charge in [0.15, 0.2) is 0 Å². The van der Waals surface area contributed by atoms with Crippen molar-refractivity contribution in [3.05, 3.63) is 42.0 Å². The first-order valence-electron chi connectivity index (χ1n) is 4.35. The second-order valence-electron chi connectivity index (χ2n) is 3.12. The van der Waals surface area contributed by atoms with Crippen LogP contribution >= 0.6 is 0 Å². The summed E-state index contributed by atoms with van der Waals surface area (Å²) in [6, 6.07) is 10.0. The van der Waals surface area contributed by atoms with Crippen molar-refractivity contribution >= 4 is 11.9 Å². The smallest absolute Gasteiger partial charge is 0.205 e. The van der Waals surface area contributed by atoms with Crippen LogP contribution in [0.3, 0.4) is 0 Å². The van der Waals surface area contributed by atoms with E-state index in [4.69, 9.17) is 0 Å². The quantitative estimate of drug-likeness (QED) is 0.687. The average Bonchev–Trinajstić information content (AvgIpc) is 2.19. The minimum Gasteiger partial charge on any atom is -0.290 e. The summed E-state index contributed by atoms with van der Waals surface area (Å²) in [4.78, 5) is 10.3. The van der Waals surface area contributed by atoms with Gasteiger partial charge in [-0.1, -0.05) is 43.3 Å². The molecule has 1 rings (SSSR count). The van der Waals surface area contributed by atoms with E-state index in [9.17, 15) is 4.79 Å². The summed E-state index contributed by atoms with van der Waals surface area (Å²) in [5, 5.41) is 0. The lowest BCUT2D eigenvalue weighted by atomic mass is 10.0. The monoisotopic (exact) mass is 173 g/mol. The summed E-state index contributed by atoms with van der Waals surface area (Å²) in [6.07, 6.45) is 3.86. The third-order valence-corrected chi connectivity index (χ3v) is 1.92. The molecule has 1 radical (unpaired) electrons. The lowest BCUT2D eigenvalue weighted by Crippen LogP contribution is -1.91. The molecule has 0 N–H and O–H groups in total. The summed E-state index contributed by atoms with van der Waals surface area (Å²) >= 11 is 0. The van der Waals surface area contributed by atoms with Gasteiger partial charge in [-0.15, -0.1) is 0 Å². The van der Waals surface area contributed by atoms with Crippen molar-refractivity contribution < 1.29 is 4.79 Å². The topological polar surface area (TPSA) is 17.1 Å². The highest BCUT2D eigenvalue weighted by Crippen LogP contribution is 2.14. The number of benzene rings is 1. The molecular formula is C12H13O. The molecule has 67 valence electrons. The number of allylic oxidation sites excluding steroid dienone is 2. The third kappa shape index (κ3) is 2.86. The summed E-state index contributed by atoms with van der Waals surface area (Å²) in [6.45, 7) is 3.84. The first kappa shape index (κ1) is 9.72. The van der Waals surface area contributed by atoms with E-state index in [1.807, 2.05) is 56.5 Å². The van der Waals surface area contributed by atoms with Crippen molar-refractivity contribution in [2.45, 2.75) is 13.8 Å². The van der Waals surface area contributed by atoms with E-state index in [0.717, 1.165) is 11.1 Å². The molecule has 0 spiro atoms. The Morgan fingerprint density at radius 1 is 1.38 bits per heavy atom. The van der Waals surface area contributed by atoms with Gasteiger partial charge in [-0.25, -0.2) is 0 Å². The molecule has 1 nitrogen and oxygen atoms in total. The van der Waals surface area contributed by atoms with E-state index in [2.05, 4.69) is 0 Å². The van der Waals surface area contributed by atoms with Crippen LogP contribution in [0.15, 0.2) is 36.4 Å². The summed E-state index contributed by atoms with van der Waals surface area (Å²) in [5.74, 6) is -0.125. The van der Waals surface area contributed by atoms with Gasteiger partial charge in [0.05, 0.1) is 0 Å². The van der Waals surface area contributed by atoms with Crippen LogP contribution in [0, 0.1) is 5.92 Å². The van der Waals surface area contributed by atoms with Crippen molar-refractivity contribution in [3.8, 4) is 0 Å². The summed E-state index contributed by atoms with van der Waals surface area (Å²) < 4.78 is 0. The molecular weight excluding hydrogens is 160 g/mol. The molecule has 0 aliphatic carbocycles. The lowest BCUT2D eigenvalue weighted by molar-refractivity contribution is 0.543. The molecule has 0 aliphatic rings. The van der Waals surface area contributed by atoms with Gasteiger partial charge >= 0.3 is 0 Å². The van der Waals surface area contributed by atoms with Crippen LogP contribution in [0.1, 0.15) is 19.4 Å². The molecule has 0 heterocycles. The third-order valence-electron chi connectivity index (χ3n) is 1.92. The number of hydrogen-bond acceptors (Lipinski definition) is 1. The normalized spacial score (nSPS) is 13.8. The van der Waals surface area contributed by atoms with Crippen LogP contribution in [0.5, 0.6) is 0 Å². The van der Waals surface area contributed by atoms with E-state index in [0.29, 0.717) is 0 Å². The maximum absolute atomic E-state index is 10.3. The molecule has 1 aromatic carbocycles. The SMILES string of the molecule is C/C(=C/C(C)[C]=O)c1ccccc1. The van der Waals surface area contributed by atoms with Crippen LogP contribution in [0.25, 0.3) is 5.57 Å². The zero-order chi connectivity index (χ0) is 9.68. The van der Waals surface area contributed by atoms with E-state index >= 15 is 0 Å². The van der Waals surface area contributed by atoms with Crippen LogP contribution in [-0.4, -0.2) is 6.29 Å². The maximum Gasteiger partial charge on any atom is 0.205 e. The fraction of sp³-hybridized carbons (Fsp3) is 0.250. The van der Waals surface area contributed by atoms with E-state index in [1.165, 1.54) is 0 Å². The van der Waals surface area contributed by atoms with Gasteiger partial charge in [0.25, 0.3) is 0 Å². The predicted octanol–water partition coefficient (Wildman–Crippen LogP) is 2.84. The molecule has 1 heteroatoms. The predicted molar refractivity (Wildman–Crippen MR) is 55.0 cm³/mol. The largest absolute Gasteiger partial charge is 0.290 e. The summed E-state index contributed by atoms with van der Waals surface area (Å²) in [5.41, 5.74) is 2.28. The van der Waals surface area contributed by atoms with Crippen LogP contribution in [0.4, 0.5) is 0 Å². The molecule has 0 amide bonds. The Bertz CT molecular complexity index is 298. The number of hydrogen-bond donors (Lipinski definition) is 0. The summed E-state index contributed by atoms with van der Waals surface area (Å²) in [7, 11) is 0. The Morgan fingerprint density at radius 2 is 2.00 bits per heavy atom. The van der Waals surface area contributed by atoms with Crippen molar-refractivity contribution in [3.63, 3.8) is 0 Å². The second kappa shape index (κ2) is 4.61. The van der Waals surface area contributed by atoms with Crippen LogP contribution in [0.2, 0.25) is 0 Å². The van der Waals surface area contributed by atoms with E-state index in [-0.39, 0.29) is 5.92 Å². The Balaban J connectivity index is 2.84. The Morgan fingerprint density at radius 3 is 2.54 bits per heavy atom. The zero-order valence-electron chi connectivity index (χ0n) is 7.95. The van der Waals surface area contributed by atoms with Gasteiger partial charge in [-0.05, 0) is 18.1 Å². The Labute approximate surface area is 79.1 Å².